The number of ether oxygens (including phenoxy) is 1. The Hall–Kier alpha value is -0.610. The van der Waals surface area contributed by atoms with Crippen LogP contribution >= 0.6 is 0 Å². The van der Waals surface area contributed by atoms with Crippen LogP contribution in [0.5, 0.6) is 0 Å². The number of rotatable bonds is 7. The second-order valence-corrected chi connectivity index (χ2v) is 4.11. The highest BCUT2D eigenvalue weighted by molar-refractivity contribution is 5.69. The molecular formula is C11H22O4. The first-order chi connectivity index (χ1) is 6.91. The van der Waals surface area contributed by atoms with E-state index in [-0.39, 0.29) is 24.1 Å². The molecule has 4 nitrogen and oxygen atoms in total. The Kier molecular flexibility index (Phi) is 6.52. The molecule has 0 radical (unpaired) electrons. The van der Waals surface area contributed by atoms with Crippen molar-refractivity contribution in [1.29, 1.82) is 0 Å². The molecular weight excluding hydrogens is 196 g/mol. The molecule has 0 spiro atoms. The molecule has 0 N–H and O–H groups in total. The summed E-state index contributed by atoms with van der Waals surface area (Å²) in [7, 11) is 0. The Morgan fingerprint density at radius 1 is 1.33 bits per heavy atom. The number of esters is 1. The molecule has 0 aliphatic heterocycles. The molecule has 0 bridgehead atoms. The summed E-state index contributed by atoms with van der Waals surface area (Å²) in [6, 6.07) is 0. The average Bonchev–Trinajstić information content (AvgIpc) is 2.15. The molecule has 4 heteroatoms. The Morgan fingerprint density at radius 3 is 2.40 bits per heavy atom. The highest BCUT2D eigenvalue weighted by Crippen LogP contribution is 2.15. The van der Waals surface area contributed by atoms with Gasteiger partial charge in [0.05, 0.1) is 18.6 Å². The molecule has 0 amide bonds. The van der Waals surface area contributed by atoms with Crippen molar-refractivity contribution in [3.05, 3.63) is 0 Å². The van der Waals surface area contributed by atoms with Crippen LogP contribution in [0.3, 0.4) is 0 Å². The van der Waals surface area contributed by atoms with Crippen LogP contribution in [-0.4, -0.2) is 24.3 Å². The monoisotopic (exact) mass is 218 g/mol. The van der Waals surface area contributed by atoms with E-state index in [9.17, 15) is 4.79 Å². The lowest BCUT2D eigenvalue weighted by atomic mass is 10.1. The topological polar surface area (TPSA) is 44.8 Å². The fraction of sp³-hybridized carbons (Fsp3) is 0.909. The zero-order valence-electron chi connectivity index (χ0n) is 10.3. The zero-order valence-corrected chi connectivity index (χ0v) is 10.3. The molecule has 0 rings (SSSR count). The van der Waals surface area contributed by atoms with Crippen molar-refractivity contribution in [3.63, 3.8) is 0 Å². The predicted octanol–water partition coefficient (Wildman–Crippen LogP) is 2.46. The van der Waals surface area contributed by atoms with Crippen LogP contribution in [0.2, 0.25) is 0 Å². The van der Waals surface area contributed by atoms with Gasteiger partial charge in [0.25, 0.3) is 0 Å². The number of hydrogen-bond donors (Lipinski definition) is 0. The normalized spacial score (nSPS) is 13.7. The van der Waals surface area contributed by atoms with Crippen molar-refractivity contribution < 1.29 is 19.3 Å². The van der Waals surface area contributed by atoms with Crippen molar-refractivity contribution in [3.8, 4) is 0 Å². The minimum atomic E-state index is -0.317. The summed E-state index contributed by atoms with van der Waals surface area (Å²) in [6.07, 6.45) is 0.780. The zero-order chi connectivity index (χ0) is 11.9. The maximum atomic E-state index is 11.1. The first kappa shape index (κ1) is 14.4. The van der Waals surface area contributed by atoms with Gasteiger partial charge in [0.1, 0.15) is 6.10 Å². The van der Waals surface area contributed by atoms with E-state index >= 15 is 0 Å². The van der Waals surface area contributed by atoms with Gasteiger partial charge in [-0.1, -0.05) is 6.92 Å². The molecule has 15 heavy (non-hydrogen) atoms. The first-order valence-corrected chi connectivity index (χ1v) is 5.41. The Balaban J connectivity index is 3.75. The lowest BCUT2D eigenvalue weighted by molar-refractivity contribution is -0.374. The summed E-state index contributed by atoms with van der Waals surface area (Å²) in [4.78, 5) is 21.4. The summed E-state index contributed by atoms with van der Waals surface area (Å²) in [5.41, 5.74) is -0.317. The molecule has 90 valence electrons. The van der Waals surface area contributed by atoms with Gasteiger partial charge in [-0.15, -0.1) is 0 Å². The van der Waals surface area contributed by atoms with Gasteiger partial charge in [-0.25, -0.2) is 9.78 Å². The Bertz CT molecular complexity index is 189. The van der Waals surface area contributed by atoms with Gasteiger partial charge in [-0.2, -0.15) is 0 Å². The highest BCUT2D eigenvalue weighted by Gasteiger charge is 2.19. The van der Waals surface area contributed by atoms with E-state index in [2.05, 4.69) is 0 Å². The molecule has 0 aliphatic rings. The van der Waals surface area contributed by atoms with Crippen molar-refractivity contribution in [1.82, 2.24) is 0 Å². The average molecular weight is 218 g/mol. The number of carbonyl (C=O) groups excluding carboxylic acids is 1. The van der Waals surface area contributed by atoms with E-state index in [1.165, 1.54) is 0 Å². The van der Waals surface area contributed by atoms with E-state index in [1.807, 2.05) is 20.8 Å². The maximum absolute atomic E-state index is 11.1. The minimum absolute atomic E-state index is 0.216. The van der Waals surface area contributed by atoms with Gasteiger partial charge >= 0.3 is 5.97 Å². The van der Waals surface area contributed by atoms with Crippen LogP contribution in [0, 0.1) is 0 Å². The molecule has 1 unspecified atom stereocenters. The van der Waals surface area contributed by atoms with Gasteiger partial charge in [0.15, 0.2) is 0 Å². The lowest BCUT2D eigenvalue weighted by Gasteiger charge is -2.23. The predicted molar refractivity (Wildman–Crippen MR) is 57.3 cm³/mol. The van der Waals surface area contributed by atoms with Gasteiger partial charge in [-0.05, 0) is 34.1 Å². The van der Waals surface area contributed by atoms with Crippen molar-refractivity contribution >= 4 is 5.97 Å². The van der Waals surface area contributed by atoms with Crippen LogP contribution in [0.15, 0.2) is 0 Å². The van der Waals surface area contributed by atoms with Crippen LogP contribution in [0.25, 0.3) is 0 Å². The SMILES string of the molecule is CCOC(=O)CC(C)OOC(C)(C)CC. The molecule has 0 saturated heterocycles. The van der Waals surface area contributed by atoms with Crippen LogP contribution in [-0.2, 0) is 19.3 Å². The van der Waals surface area contributed by atoms with Gasteiger partial charge in [-0.3, -0.25) is 4.79 Å². The third kappa shape index (κ3) is 7.33. The van der Waals surface area contributed by atoms with E-state index in [1.54, 1.807) is 13.8 Å². The minimum Gasteiger partial charge on any atom is -0.466 e. The van der Waals surface area contributed by atoms with Gasteiger partial charge < -0.3 is 4.74 Å². The Morgan fingerprint density at radius 2 is 1.93 bits per heavy atom. The maximum Gasteiger partial charge on any atom is 0.308 e. The van der Waals surface area contributed by atoms with Crippen LogP contribution < -0.4 is 0 Å². The molecule has 0 heterocycles. The number of carbonyl (C=O) groups is 1. The summed E-state index contributed by atoms with van der Waals surface area (Å²) in [5, 5.41) is 0. The summed E-state index contributed by atoms with van der Waals surface area (Å²) in [5.74, 6) is -0.261. The third-order valence-corrected chi connectivity index (χ3v) is 2.05. The largest absolute Gasteiger partial charge is 0.466 e. The highest BCUT2D eigenvalue weighted by atomic mass is 17.2. The second-order valence-electron chi connectivity index (χ2n) is 4.11. The van der Waals surface area contributed by atoms with Crippen molar-refractivity contribution in [2.45, 2.75) is 59.2 Å². The fourth-order valence-corrected chi connectivity index (χ4v) is 0.760. The Labute approximate surface area is 91.8 Å². The fourth-order valence-electron chi connectivity index (χ4n) is 0.760. The number of hydrogen-bond acceptors (Lipinski definition) is 4. The van der Waals surface area contributed by atoms with Gasteiger partial charge in [0.2, 0.25) is 0 Å². The van der Waals surface area contributed by atoms with Gasteiger partial charge in [0, 0.05) is 0 Å². The molecule has 0 aliphatic carbocycles. The third-order valence-electron chi connectivity index (χ3n) is 2.05. The summed E-state index contributed by atoms with van der Waals surface area (Å²) in [6.45, 7) is 9.84. The molecule has 1 atom stereocenters. The molecule has 0 saturated carbocycles. The van der Waals surface area contributed by atoms with E-state index < -0.39 is 0 Å². The standard InChI is InChI=1S/C11H22O4/c1-6-11(4,5)15-14-9(3)8-10(12)13-7-2/h9H,6-8H2,1-5H3. The first-order valence-electron chi connectivity index (χ1n) is 5.41. The van der Waals surface area contributed by atoms with Crippen LogP contribution in [0.1, 0.15) is 47.5 Å². The summed E-state index contributed by atoms with van der Waals surface area (Å²) >= 11 is 0. The second kappa shape index (κ2) is 6.80. The van der Waals surface area contributed by atoms with Crippen LogP contribution in [0.4, 0.5) is 0 Å². The lowest BCUT2D eigenvalue weighted by Crippen LogP contribution is -2.27. The molecule has 0 aromatic heterocycles. The summed E-state index contributed by atoms with van der Waals surface area (Å²) < 4.78 is 4.80. The quantitative estimate of drug-likeness (QED) is 0.374. The molecule has 0 fully saturated rings. The van der Waals surface area contributed by atoms with Crippen molar-refractivity contribution in [2.24, 2.45) is 0 Å². The molecule has 0 aromatic carbocycles. The van der Waals surface area contributed by atoms with E-state index in [0.29, 0.717) is 6.61 Å². The molecule has 0 aromatic rings. The van der Waals surface area contributed by atoms with Crippen molar-refractivity contribution in [2.75, 3.05) is 6.61 Å². The van der Waals surface area contributed by atoms with E-state index in [4.69, 9.17) is 14.5 Å². The van der Waals surface area contributed by atoms with E-state index in [0.717, 1.165) is 6.42 Å². The smallest absolute Gasteiger partial charge is 0.308 e.